The first-order chi connectivity index (χ1) is 18.8. The summed E-state index contributed by atoms with van der Waals surface area (Å²) >= 11 is 3.42. The maximum Gasteiger partial charge on any atom is 0.282 e. The number of hydrogen-bond donors (Lipinski definition) is 1. The lowest BCUT2D eigenvalue weighted by Gasteiger charge is -2.14. The first-order valence-corrected chi connectivity index (χ1v) is 13.3. The van der Waals surface area contributed by atoms with Gasteiger partial charge in [-0.1, -0.05) is 35.8 Å². The summed E-state index contributed by atoms with van der Waals surface area (Å²) in [5, 5.41) is 7.54. The van der Waals surface area contributed by atoms with Crippen molar-refractivity contribution < 1.29 is 18.7 Å². The molecule has 0 saturated carbocycles. The van der Waals surface area contributed by atoms with Crippen LogP contribution in [-0.2, 0) is 4.79 Å². The van der Waals surface area contributed by atoms with Crippen LogP contribution in [0.4, 0.5) is 10.1 Å². The third-order valence-corrected chi connectivity index (χ3v) is 6.44. The highest BCUT2D eigenvalue weighted by Crippen LogP contribution is 2.28. The number of halogens is 2. The van der Waals surface area contributed by atoms with Gasteiger partial charge in [0.1, 0.15) is 11.6 Å². The molecule has 0 unspecified atom stereocenters. The molecule has 0 saturated heterocycles. The van der Waals surface area contributed by atoms with E-state index in [0.717, 1.165) is 10.9 Å². The molecule has 202 valence electrons. The Kier molecular flexibility index (Phi) is 9.08. The summed E-state index contributed by atoms with van der Waals surface area (Å²) in [6.45, 7) is 5.94. The van der Waals surface area contributed by atoms with Gasteiger partial charge in [0.15, 0.2) is 18.1 Å². The van der Waals surface area contributed by atoms with Crippen LogP contribution in [0.5, 0.6) is 11.5 Å². The lowest BCUT2D eigenvalue weighted by atomic mass is 10.1. The SMILES string of the molecule is CCOc1cc(C=Nn2c([C@H](C)CC)nc3ccc(Br)cc3c2=O)ccc1OCC(=O)Nc1cccc(F)c1. The molecule has 10 heteroatoms. The van der Waals surface area contributed by atoms with Gasteiger partial charge in [-0.3, -0.25) is 9.59 Å². The topological polar surface area (TPSA) is 94.8 Å². The van der Waals surface area contributed by atoms with E-state index in [9.17, 15) is 14.0 Å². The second kappa shape index (κ2) is 12.7. The van der Waals surface area contributed by atoms with Gasteiger partial charge in [-0.05, 0) is 73.5 Å². The Morgan fingerprint density at radius 3 is 2.69 bits per heavy atom. The van der Waals surface area contributed by atoms with Crippen LogP contribution in [0.25, 0.3) is 10.9 Å². The van der Waals surface area contributed by atoms with Gasteiger partial charge in [0.05, 0.1) is 23.7 Å². The van der Waals surface area contributed by atoms with E-state index >= 15 is 0 Å². The number of carbonyl (C=O) groups excluding carboxylic acids is 1. The van der Waals surface area contributed by atoms with Gasteiger partial charge < -0.3 is 14.8 Å². The summed E-state index contributed by atoms with van der Waals surface area (Å²) in [6.07, 6.45) is 2.35. The molecule has 4 aromatic rings. The molecular weight excluding hydrogens is 567 g/mol. The highest BCUT2D eigenvalue weighted by atomic mass is 79.9. The Balaban J connectivity index is 1.58. The molecule has 0 aliphatic rings. The van der Waals surface area contributed by atoms with E-state index < -0.39 is 11.7 Å². The lowest BCUT2D eigenvalue weighted by Crippen LogP contribution is -2.23. The minimum Gasteiger partial charge on any atom is -0.490 e. The molecule has 0 radical (unpaired) electrons. The number of carbonyl (C=O) groups is 1. The van der Waals surface area contributed by atoms with E-state index in [1.54, 1.807) is 36.5 Å². The predicted molar refractivity (Wildman–Crippen MR) is 154 cm³/mol. The molecule has 1 aromatic heterocycles. The summed E-state index contributed by atoms with van der Waals surface area (Å²) in [5.74, 6) is 0.462. The molecule has 0 aliphatic heterocycles. The van der Waals surface area contributed by atoms with Crippen LogP contribution in [0, 0.1) is 5.82 Å². The Hall–Kier alpha value is -4.05. The highest BCUT2D eigenvalue weighted by molar-refractivity contribution is 9.10. The molecule has 3 aromatic carbocycles. The van der Waals surface area contributed by atoms with Gasteiger partial charge in [-0.15, -0.1) is 0 Å². The normalized spacial score (nSPS) is 12.0. The van der Waals surface area contributed by atoms with Crippen molar-refractivity contribution in [2.24, 2.45) is 5.10 Å². The van der Waals surface area contributed by atoms with Crippen molar-refractivity contribution in [1.82, 2.24) is 9.66 Å². The van der Waals surface area contributed by atoms with Gasteiger partial charge >= 0.3 is 0 Å². The fraction of sp³-hybridized carbons (Fsp3) is 0.241. The maximum atomic E-state index is 13.4. The Morgan fingerprint density at radius 1 is 1.13 bits per heavy atom. The molecule has 8 nitrogen and oxygen atoms in total. The van der Waals surface area contributed by atoms with Crippen LogP contribution < -0.4 is 20.3 Å². The average molecular weight is 595 g/mol. The van der Waals surface area contributed by atoms with Crippen LogP contribution in [0.1, 0.15) is 44.5 Å². The number of benzene rings is 3. The molecule has 0 fully saturated rings. The van der Waals surface area contributed by atoms with Crippen molar-refractivity contribution >= 4 is 44.6 Å². The second-order valence-corrected chi connectivity index (χ2v) is 9.70. The summed E-state index contributed by atoms with van der Waals surface area (Å²) in [5.41, 5.74) is 1.35. The number of fused-ring (bicyclic) bond motifs is 1. The van der Waals surface area contributed by atoms with Crippen molar-refractivity contribution in [1.29, 1.82) is 0 Å². The van der Waals surface area contributed by atoms with Crippen LogP contribution in [0.3, 0.4) is 0 Å². The third kappa shape index (κ3) is 6.88. The predicted octanol–water partition coefficient (Wildman–Crippen LogP) is 6.11. The first-order valence-electron chi connectivity index (χ1n) is 12.5. The van der Waals surface area contributed by atoms with Gasteiger partial charge in [0.2, 0.25) is 0 Å². The van der Waals surface area contributed by atoms with Crippen molar-refractivity contribution in [3.05, 3.63) is 92.7 Å². The fourth-order valence-corrected chi connectivity index (χ4v) is 4.16. The third-order valence-electron chi connectivity index (χ3n) is 5.94. The van der Waals surface area contributed by atoms with Gasteiger partial charge in [0.25, 0.3) is 11.5 Å². The summed E-state index contributed by atoms with van der Waals surface area (Å²) in [7, 11) is 0. The lowest BCUT2D eigenvalue weighted by molar-refractivity contribution is -0.118. The Morgan fingerprint density at radius 2 is 1.95 bits per heavy atom. The Labute approximate surface area is 233 Å². The first kappa shape index (κ1) is 28.0. The smallest absolute Gasteiger partial charge is 0.282 e. The standard InChI is InChI=1S/C29H28BrFN4O4/c1-4-18(3)28-34-24-11-10-20(30)14-23(24)29(37)35(28)32-16-19-9-12-25(26(13-19)38-5-2)39-17-27(36)33-22-8-6-7-21(31)15-22/h6-16,18H,4-5,17H2,1-3H3,(H,33,36)/t18-/m1/s1. The number of anilines is 1. The van der Waals surface area contributed by atoms with Crippen molar-refractivity contribution in [3.63, 3.8) is 0 Å². The largest absolute Gasteiger partial charge is 0.490 e. The maximum absolute atomic E-state index is 13.4. The molecule has 1 amide bonds. The van der Waals surface area contributed by atoms with Crippen LogP contribution in [0.2, 0.25) is 0 Å². The van der Waals surface area contributed by atoms with Gasteiger partial charge in [-0.25, -0.2) is 9.37 Å². The Bertz CT molecular complexity index is 1590. The molecule has 39 heavy (non-hydrogen) atoms. The molecule has 0 spiro atoms. The number of hydrogen-bond acceptors (Lipinski definition) is 6. The van der Waals surface area contributed by atoms with Gasteiger partial charge in [-0.2, -0.15) is 9.78 Å². The van der Waals surface area contributed by atoms with E-state index in [-0.39, 0.29) is 18.1 Å². The van der Waals surface area contributed by atoms with Crippen molar-refractivity contribution in [3.8, 4) is 11.5 Å². The highest BCUT2D eigenvalue weighted by Gasteiger charge is 2.16. The zero-order valence-electron chi connectivity index (χ0n) is 21.8. The number of amides is 1. The summed E-state index contributed by atoms with van der Waals surface area (Å²) in [6, 6.07) is 16.1. The van der Waals surface area contributed by atoms with Crippen LogP contribution in [-0.4, -0.2) is 35.0 Å². The fourth-order valence-electron chi connectivity index (χ4n) is 3.80. The van der Waals surface area contributed by atoms with E-state index in [1.807, 2.05) is 32.9 Å². The van der Waals surface area contributed by atoms with Gasteiger partial charge in [0, 0.05) is 16.1 Å². The van der Waals surface area contributed by atoms with E-state index in [0.29, 0.717) is 46.1 Å². The summed E-state index contributed by atoms with van der Waals surface area (Å²) in [4.78, 5) is 30.4. The van der Waals surface area contributed by atoms with Crippen LogP contribution >= 0.6 is 15.9 Å². The minimum absolute atomic E-state index is 0.0104. The monoisotopic (exact) mass is 594 g/mol. The zero-order valence-corrected chi connectivity index (χ0v) is 23.4. The van der Waals surface area contributed by atoms with E-state index in [4.69, 9.17) is 14.5 Å². The average Bonchev–Trinajstić information content (AvgIpc) is 2.92. The number of nitrogens with one attached hydrogen (secondary N) is 1. The zero-order chi connectivity index (χ0) is 27.9. The number of nitrogens with zero attached hydrogens (tertiary/aromatic N) is 3. The molecular formula is C29H28BrFN4O4. The van der Waals surface area contributed by atoms with Crippen LogP contribution in [0.15, 0.2) is 75.0 Å². The number of aromatic nitrogens is 2. The molecule has 0 bridgehead atoms. The molecule has 0 aliphatic carbocycles. The number of rotatable bonds is 10. The molecule has 1 atom stereocenters. The minimum atomic E-state index is -0.449. The van der Waals surface area contributed by atoms with Crippen molar-refractivity contribution in [2.75, 3.05) is 18.5 Å². The van der Waals surface area contributed by atoms with E-state index in [1.165, 1.54) is 22.9 Å². The summed E-state index contributed by atoms with van der Waals surface area (Å²) < 4.78 is 26.9. The second-order valence-electron chi connectivity index (χ2n) is 8.79. The molecule has 1 N–H and O–H groups in total. The van der Waals surface area contributed by atoms with E-state index in [2.05, 4.69) is 26.3 Å². The quantitative estimate of drug-likeness (QED) is 0.223. The molecule has 4 rings (SSSR count). The van der Waals surface area contributed by atoms with Crippen molar-refractivity contribution in [2.45, 2.75) is 33.1 Å². The molecule has 1 heterocycles. The number of ether oxygens (including phenoxy) is 2.